The van der Waals surface area contributed by atoms with Crippen molar-refractivity contribution in [3.05, 3.63) is 34.9 Å². The van der Waals surface area contributed by atoms with Crippen LogP contribution >= 0.6 is 12.2 Å². The van der Waals surface area contributed by atoms with E-state index >= 15 is 0 Å². The highest BCUT2D eigenvalue weighted by Crippen LogP contribution is 2.16. The van der Waals surface area contributed by atoms with Crippen LogP contribution in [-0.4, -0.2) is 52.2 Å². The van der Waals surface area contributed by atoms with Crippen molar-refractivity contribution in [2.24, 2.45) is 0 Å². The summed E-state index contributed by atoms with van der Waals surface area (Å²) in [5.41, 5.74) is 0.609. The van der Waals surface area contributed by atoms with Gasteiger partial charge in [-0.2, -0.15) is 5.10 Å². The molecule has 0 unspecified atom stereocenters. The van der Waals surface area contributed by atoms with Gasteiger partial charge < -0.3 is 15.0 Å². The lowest BCUT2D eigenvalue weighted by Crippen LogP contribution is -2.37. The molecule has 0 saturated carbocycles. The number of carbonyl (C=O) groups is 2. The van der Waals surface area contributed by atoms with Gasteiger partial charge in [-0.05, 0) is 30.8 Å². The van der Waals surface area contributed by atoms with Crippen molar-refractivity contribution in [3.63, 3.8) is 0 Å². The summed E-state index contributed by atoms with van der Waals surface area (Å²) in [6.07, 6.45) is 1.62. The number of aromatic nitrogens is 3. The van der Waals surface area contributed by atoms with E-state index < -0.39 is 0 Å². The fraction of sp³-hybridized carbons (Fsp3) is 0.412. The van der Waals surface area contributed by atoms with Gasteiger partial charge in [0, 0.05) is 25.2 Å². The Hall–Kier alpha value is -2.68. The second kappa shape index (κ2) is 9.14. The number of H-pyrrole nitrogens is 1. The number of nitrogens with one attached hydrogen (secondary N) is 2. The lowest BCUT2D eigenvalue weighted by molar-refractivity contribution is -0.133. The highest BCUT2D eigenvalue weighted by atomic mass is 32.1. The lowest BCUT2D eigenvalue weighted by atomic mass is 10.3. The molecule has 8 nitrogen and oxygen atoms in total. The highest BCUT2D eigenvalue weighted by molar-refractivity contribution is 7.71. The molecule has 0 aliphatic heterocycles. The zero-order chi connectivity index (χ0) is 19.1. The minimum Gasteiger partial charge on any atom is -0.497 e. The molecule has 9 heteroatoms. The molecule has 0 bridgehead atoms. The number of ether oxygens (including phenoxy) is 1. The van der Waals surface area contributed by atoms with Gasteiger partial charge in [-0.1, -0.05) is 13.0 Å². The van der Waals surface area contributed by atoms with E-state index in [1.807, 2.05) is 6.92 Å². The predicted molar refractivity (Wildman–Crippen MR) is 101 cm³/mol. The third-order valence-electron chi connectivity index (χ3n) is 3.76. The molecule has 140 valence electrons. The number of carbonyl (C=O) groups excluding carboxylic acids is 2. The van der Waals surface area contributed by atoms with Gasteiger partial charge in [-0.15, -0.1) is 0 Å². The van der Waals surface area contributed by atoms with Crippen LogP contribution in [0, 0.1) is 4.77 Å². The molecule has 26 heavy (non-hydrogen) atoms. The van der Waals surface area contributed by atoms with E-state index in [9.17, 15) is 9.59 Å². The van der Waals surface area contributed by atoms with E-state index in [4.69, 9.17) is 17.0 Å². The molecule has 0 fully saturated rings. The van der Waals surface area contributed by atoms with Crippen molar-refractivity contribution in [2.45, 2.75) is 26.3 Å². The highest BCUT2D eigenvalue weighted by Gasteiger charge is 2.16. The predicted octanol–water partition coefficient (Wildman–Crippen LogP) is 2.00. The summed E-state index contributed by atoms with van der Waals surface area (Å²) in [6, 6.07) is 7.03. The van der Waals surface area contributed by atoms with Gasteiger partial charge in [0.05, 0.1) is 13.7 Å². The number of aryl methyl sites for hydroxylation is 1. The molecule has 0 radical (unpaired) electrons. The number of hydrogen-bond donors (Lipinski definition) is 2. The summed E-state index contributed by atoms with van der Waals surface area (Å²) in [7, 11) is 3.14. The van der Waals surface area contributed by atoms with Gasteiger partial charge in [0.25, 0.3) is 0 Å². The van der Waals surface area contributed by atoms with Gasteiger partial charge in [0.15, 0.2) is 4.77 Å². The quantitative estimate of drug-likeness (QED) is 0.687. The van der Waals surface area contributed by atoms with Crippen LogP contribution in [0.3, 0.4) is 0 Å². The van der Waals surface area contributed by atoms with Crippen molar-refractivity contribution in [1.29, 1.82) is 0 Å². The summed E-state index contributed by atoms with van der Waals surface area (Å²) in [5.74, 6) is 0.865. The summed E-state index contributed by atoms with van der Waals surface area (Å²) in [6.45, 7) is 2.01. The van der Waals surface area contributed by atoms with Crippen molar-refractivity contribution in [2.75, 3.05) is 26.0 Å². The Morgan fingerprint density at radius 2 is 2.19 bits per heavy atom. The summed E-state index contributed by atoms with van der Waals surface area (Å²) >= 11 is 5.17. The maximum Gasteiger partial charge on any atom is 0.243 e. The van der Waals surface area contributed by atoms with E-state index in [1.54, 1.807) is 43.0 Å². The number of methoxy groups -OCH3 is 1. The maximum atomic E-state index is 12.4. The number of amides is 2. The van der Waals surface area contributed by atoms with Gasteiger partial charge in [0.2, 0.25) is 11.8 Å². The molecule has 0 aliphatic rings. The molecule has 2 N–H and O–H groups in total. The zero-order valence-electron chi connectivity index (χ0n) is 15.1. The van der Waals surface area contributed by atoms with E-state index in [-0.39, 0.29) is 24.9 Å². The first-order valence-electron chi connectivity index (χ1n) is 8.26. The maximum absolute atomic E-state index is 12.4. The monoisotopic (exact) mass is 377 g/mol. The lowest BCUT2D eigenvalue weighted by Gasteiger charge is -2.17. The van der Waals surface area contributed by atoms with Crippen LogP contribution in [0.4, 0.5) is 5.69 Å². The van der Waals surface area contributed by atoms with Crippen LogP contribution in [-0.2, 0) is 22.6 Å². The molecular formula is C17H23N5O3S. The summed E-state index contributed by atoms with van der Waals surface area (Å²) < 4.78 is 7.18. The Balaban J connectivity index is 1.95. The second-order valence-electron chi connectivity index (χ2n) is 5.81. The second-order valence-corrected chi connectivity index (χ2v) is 6.20. The molecule has 1 aromatic carbocycles. The van der Waals surface area contributed by atoms with Gasteiger partial charge in [0.1, 0.15) is 18.1 Å². The number of benzene rings is 1. The summed E-state index contributed by atoms with van der Waals surface area (Å²) in [5, 5.41) is 9.58. The molecule has 0 aliphatic carbocycles. The third-order valence-corrected chi connectivity index (χ3v) is 4.08. The van der Waals surface area contributed by atoms with Gasteiger partial charge in [-0.3, -0.25) is 19.3 Å². The minimum absolute atomic E-state index is 0.0492. The fourth-order valence-electron chi connectivity index (χ4n) is 2.39. The van der Waals surface area contributed by atoms with Crippen LogP contribution in [0.25, 0.3) is 0 Å². The fourth-order valence-corrected chi connectivity index (χ4v) is 2.60. The molecule has 2 rings (SSSR count). The molecule has 0 atom stereocenters. The van der Waals surface area contributed by atoms with Crippen LogP contribution in [0.2, 0.25) is 0 Å². The Kier molecular flexibility index (Phi) is 6.90. The standard InChI is InChI=1S/C17H23N5O3S/c1-4-6-14-19-20-17(26)22(14)11-16(24)21(2)10-15(23)18-12-7-5-8-13(9-12)25-3/h5,7-9H,4,6,10-11H2,1-3H3,(H,18,23)(H,20,26). The first-order chi connectivity index (χ1) is 12.4. The Bertz CT molecular complexity index is 830. The van der Waals surface area contributed by atoms with Crippen LogP contribution < -0.4 is 10.1 Å². The number of nitrogens with zero attached hydrogens (tertiary/aromatic N) is 3. The van der Waals surface area contributed by atoms with Crippen LogP contribution in [0.1, 0.15) is 19.2 Å². The van der Waals surface area contributed by atoms with Crippen molar-refractivity contribution in [1.82, 2.24) is 19.7 Å². The van der Waals surface area contributed by atoms with Gasteiger partial charge >= 0.3 is 0 Å². The minimum atomic E-state index is -0.293. The van der Waals surface area contributed by atoms with Crippen molar-refractivity contribution >= 4 is 29.7 Å². The molecule has 0 spiro atoms. The smallest absolute Gasteiger partial charge is 0.243 e. The molecule has 2 aromatic rings. The van der Waals surface area contributed by atoms with Crippen LogP contribution in [0.5, 0.6) is 5.75 Å². The van der Waals surface area contributed by atoms with E-state index in [0.29, 0.717) is 16.2 Å². The molecule has 1 aromatic heterocycles. The average molecular weight is 377 g/mol. The first-order valence-corrected chi connectivity index (χ1v) is 8.67. The molecule has 2 amide bonds. The van der Waals surface area contributed by atoms with Crippen molar-refractivity contribution < 1.29 is 14.3 Å². The normalized spacial score (nSPS) is 10.4. The Morgan fingerprint density at radius 3 is 2.88 bits per heavy atom. The topological polar surface area (TPSA) is 92.3 Å². The zero-order valence-corrected chi connectivity index (χ0v) is 15.9. The van der Waals surface area contributed by atoms with E-state index in [0.717, 1.165) is 18.7 Å². The first kappa shape index (κ1) is 19.6. The molecule has 0 saturated heterocycles. The average Bonchev–Trinajstić information content (AvgIpc) is 2.95. The Morgan fingerprint density at radius 1 is 1.42 bits per heavy atom. The number of rotatable bonds is 8. The van der Waals surface area contributed by atoms with Crippen molar-refractivity contribution in [3.8, 4) is 5.75 Å². The van der Waals surface area contributed by atoms with E-state index in [1.165, 1.54) is 4.90 Å². The number of aromatic amines is 1. The SMILES string of the molecule is CCCc1n[nH]c(=S)n1CC(=O)N(C)CC(=O)Nc1cccc(OC)c1. The largest absolute Gasteiger partial charge is 0.497 e. The number of likely N-dealkylation sites (N-methyl/N-ethyl adjacent to an activating group) is 1. The summed E-state index contributed by atoms with van der Waals surface area (Å²) in [4.78, 5) is 26.0. The number of anilines is 1. The molecular weight excluding hydrogens is 354 g/mol. The number of hydrogen-bond acceptors (Lipinski definition) is 5. The van der Waals surface area contributed by atoms with E-state index in [2.05, 4.69) is 15.5 Å². The molecule has 1 heterocycles. The Labute approximate surface area is 157 Å². The van der Waals surface area contributed by atoms with Crippen LogP contribution in [0.15, 0.2) is 24.3 Å². The van der Waals surface area contributed by atoms with Gasteiger partial charge in [-0.25, -0.2) is 0 Å². The third kappa shape index (κ3) is 5.16.